The van der Waals surface area contributed by atoms with Gasteiger partial charge in [-0.05, 0) is 39.5 Å². The monoisotopic (exact) mass is 288 g/mol. The van der Waals surface area contributed by atoms with Crippen molar-refractivity contribution in [3.63, 3.8) is 0 Å². The molecule has 3 rings (SSSR count). The Bertz CT molecular complexity index is 539. The van der Waals surface area contributed by atoms with E-state index in [1.807, 2.05) is 12.4 Å². The van der Waals surface area contributed by atoms with Crippen LogP contribution in [0.2, 0.25) is 0 Å². The molecule has 86 valence electrons. The zero-order valence-corrected chi connectivity index (χ0v) is 11.0. The van der Waals surface area contributed by atoms with Crippen LogP contribution < -0.4 is 4.90 Å². The molecule has 0 bridgehead atoms. The Kier molecular flexibility index (Phi) is 2.85. The average molecular weight is 289 g/mol. The van der Waals surface area contributed by atoms with Gasteiger partial charge in [-0.15, -0.1) is 0 Å². The molecule has 1 aliphatic heterocycles. The average Bonchev–Trinajstić information content (AvgIpc) is 2.39. The van der Waals surface area contributed by atoms with E-state index in [4.69, 9.17) is 0 Å². The molecule has 0 atom stereocenters. The molecule has 0 fully saturated rings. The van der Waals surface area contributed by atoms with Crippen LogP contribution in [0.15, 0.2) is 47.2 Å². The summed E-state index contributed by atoms with van der Waals surface area (Å²) >= 11 is 3.57. The van der Waals surface area contributed by atoms with Crippen LogP contribution in [0.4, 0.5) is 5.69 Å². The second-order valence-electron chi connectivity index (χ2n) is 4.27. The predicted octanol–water partition coefficient (Wildman–Crippen LogP) is 3.41. The molecule has 0 N–H and O–H groups in total. The van der Waals surface area contributed by atoms with E-state index in [2.05, 4.69) is 56.1 Å². The lowest BCUT2D eigenvalue weighted by molar-refractivity contribution is 0.729. The van der Waals surface area contributed by atoms with E-state index < -0.39 is 0 Å². The van der Waals surface area contributed by atoms with Gasteiger partial charge in [-0.1, -0.05) is 24.3 Å². The molecule has 2 nitrogen and oxygen atoms in total. The van der Waals surface area contributed by atoms with Gasteiger partial charge >= 0.3 is 0 Å². The minimum absolute atomic E-state index is 0.985. The summed E-state index contributed by atoms with van der Waals surface area (Å²) in [5.41, 5.74) is 4.14. The summed E-state index contributed by atoms with van der Waals surface area (Å²) in [7, 11) is 0. The molecule has 1 aliphatic rings. The van der Waals surface area contributed by atoms with Gasteiger partial charge in [-0.2, -0.15) is 0 Å². The highest BCUT2D eigenvalue weighted by Gasteiger charge is 2.17. The number of halogens is 1. The minimum Gasteiger partial charge on any atom is -0.366 e. The molecule has 0 unspecified atom stereocenters. The SMILES string of the molecule is Brc1cnccc1N1CCc2ccccc2C1. The largest absolute Gasteiger partial charge is 0.366 e. The lowest BCUT2D eigenvalue weighted by atomic mass is 10.00. The van der Waals surface area contributed by atoms with E-state index in [1.165, 1.54) is 16.8 Å². The normalized spacial score (nSPS) is 14.5. The number of aromatic nitrogens is 1. The summed E-state index contributed by atoms with van der Waals surface area (Å²) in [6, 6.07) is 10.8. The first-order valence-electron chi connectivity index (χ1n) is 5.76. The zero-order valence-electron chi connectivity index (χ0n) is 9.44. The molecule has 0 saturated carbocycles. The molecule has 0 aliphatic carbocycles. The molecule has 2 heterocycles. The third kappa shape index (κ3) is 2.07. The molecular formula is C14H13BrN2. The Balaban J connectivity index is 1.92. The Morgan fingerprint density at radius 3 is 2.76 bits per heavy atom. The van der Waals surface area contributed by atoms with Crippen LogP contribution in [0, 0.1) is 0 Å². The molecule has 0 radical (unpaired) electrons. The van der Waals surface area contributed by atoms with Gasteiger partial charge in [0.2, 0.25) is 0 Å². The predicted molar refractivity (Wildman–Crippen MR) is 73.1 cm³/mol. The van der Waals surface area contributed by atoms with Gasteiger partial charge in [-0.25, -0.2) is 0 Å². The van der Waals surface area contributed by atoms with Crippen molar-refractivity contribution in [2.75, 3.05) is 11.4 Å². The number of hydrogen-bond donors (Lipinski definition) is 0. The summed E-state index contributed by atoms with van der Waals surface area (Å²) in [5.74, 6) is 0. The second-order valence-corrected chi connectivity index (χ2v) is 5.12. The van der Waals surface area contributed by atoms with Gasteiger partial charge in [0.05, 0.1) is 10.2 Å². The first kappa shape index (κ1) is 10.8. The van der Waals surface area contributed by atoms with Crippen molar-refractivity contribution in [2.24, 2.45) is 0 Å². The van der Waals surface area contributed by atoms with Gasteiger partial charge in [0.15, 0.2) is 0 Å². The van der Waals surface area contributed by atoms with Crippen molar-refractivity contribution in [1.82, 2.24) is 4.98 Å². The molecule has 1 aromatic heterocycles. The maximum Gasteiger partial charge on any atom is 0.0592 e. The third-order valence-electron chi connectivity index (χ3n) is 3.22. The summed E-state index contributed by atoms with van der Waals surface area (Å²) in [6.07, 6.45) is 4.82. The van der Waals surface area contributed by atoms with Crippen molar-refractivity contribution in [1.29, 1.82) is 0 Å². The Morgan fingerprint density at radius 1 is 1.12 bits per heavy atom. The van der Waals surface area contributed by atoms with Crippen LogP contribution in [0.3, 0.4) is 0 Å². The van der Waals surface area contributed by atoms with Crippen LogP contribution in [-0.2, 0) is 13.0 Å². The Hall–Kier alpha value is -1.35. The Morgan fingerprint density at radius 2 is 1.94 bits per heavy atom. The highest BCUT2D eigenvalue weighted by Crippen LogP contribution is 2.29. The molecule has 3 heteroatoms. The highest BCUT2D eigenvalue weighted by molar-refractivity contribution is 9.10. The van der Waals surface area contributed by atoms with Crippen LogP contribution in [0.25, 0.3) is 0 Å². The maximum absolute atomic E-state index is 4.11. The zero-order chi connectivity index (χ0) is 11.7. The number of rotatable bonds is 1. The second kappa shape index (κ2) is 4.49. The van der Waals surface area contributed by atoms with E-state index in [0.29, 0.717) is 0 Å². The smallest absolute Gasteiger partial charge is 0.0592 e. The van der Waals surface area contributed by atoms with Gasteiger partial charge in [0, 0.05) is 25.5 Å². The molecule has 17 heavy (non-hydrogen) atoms. The van der Waals surface area contributed by atoms with Gasteiger partial charge in [-0.3, -0.25) is 4.98 Å². The molecule has 2 aromatic rings. The summed E-state index contributed by atoms with van der Waals surface area (Å²) in [6.45, 7) is 2.05. The molecular weight excluding hydrogens is 276 g/mol. The first-order chi connectivity index (χ1) is 8.34. The van der Waals surface area contributed by atoms with Crippen molar-refractivity contribution < 1.29 is 0 Å². The van der Waals surface area contributed by atoms with E-state index in [1.54, 1.807) is 0 Å². The van der Waals surface area contributed by atoms with Crippen molar-refractivity contribution in [3.8, 4) is 0 Å². The number of pyridine rings is 1. The maximum atomic E-state index is 4.11. The topological polar surface area (TPSA) is 16.1 Å². The Labute approximate surface area is 109 Å². The van der Waals surface area contributed by atoms with Crippen LogP contribution in [0.1, 0.15) is 11.1 Å². The molecule has 1 aromatic carbocycles. The fourth-order valence-corrected chi connectivity index (χ4v) is 2.83. The number of fused-ring (bicyclic) bond motifs is 1. The standard InChI is InChI=1S/C14H13BrN2/c15-13-9-16-7-5-14(13)17-8-6-11-3-1-2-4-12(11)10-17/h1-5,7,9H,6,8,10H2. The van der Waals surface area contributed by atoms with E-state index in [0.717, 1.165) is 24.0 Å². The minimum atomic E-state index is 0.985. The molecule has 0 amide bonds. The molecule has 0 saturated heterocycles. The quantitative estimate of drug-likeness (QED) is 0.800. The number of nitrogens with zero attached hydrogens (tertiary/aromatic N) is 2. The van der Waals surface area contributed by atoms with E-state index >= 15 is 0 Å². The van der Waals surface area contributed by atoms with E-state index in [9.17, 15) is 0 Å². The van der Waals surface area contributed by atoms with Crippen LogP contribution in [0.5, 0.6) is 0 Å². The number of anilines is 1. The fraction of sp³-hybridized carbons (Fsp3) is 0.214. The first-order valence-corrected chi connectivity index (χ1v) is 6.55. The van der Waals surface area contributed by atoms with Crippen molar-refractivity contribution in [3.05, 3.63) is 58.3 Å². The number of hydrogen-bond acceptors (Lipinski definition) is 2. The van der Waals surface area contributed by atoms with Crippen molar-refractivity contribution >= 4 is 21.6 Å². The van der Waals surface area contributed by atoms with Crippen LogP contribution in [-0.4, -0.2) is 11.5 Å². The summed E-state index contributed by atoms with van der Waals surface area (Å²) in [5, 5.41) is 0. The summed E-state index contributed by atoms with van der Waals surface area (Å²) < 4.78 is 1.07. The lowest BCUT2D eigenvalue weighted by Crippen LogP contribution is -2.30. The third-order valence-corrected chi connectivity index (χ3v) is 3.83. The summed E-state index contributed by atoms with van der Waals surface area (Å²) in [4.78, 5) is 6.51. The van der Waals surface area contributed by atoms with Gasteiger partial charge in [0.25, 0.3) is 0 Å². The number of benzene rings is 1. The highest BCUT2D eigenvalue weighted by atomic mass is 79.9. The van der Waals surface area contributed by atoms with E-state index in [-0.39, 0.29) is 0 Å². The fourth-order valence-electron chi connectivity index (χ4n) is 2.33. The molecule has 0 spiro atoms. The van der Waals surface area contributed by atoms with Gasteiger partial charge < -0.3 is 4.90 Å². The van der Waals surface area contributed by atoms with Gasteiger partial charge in [0.1, 0.15) is 0 Å². The lowest BCUT2D eigenvalue weighted by Gasteiger charge is -2.31. The van der Waals surface area contributed by atoms with Crippen LogP contribution >= 0.6 is 15.9 Å². The van der Waals surface area contributed by atoms with Crippen molar-refractivity contribution in [2.45, 2.75) is 13.0 Å².